The maximum atomic E-state index is 5.95. The summed E-state index contributed by atoms with van der Waals surface area (Å²) in [5.41, 5.74) is 5.95. The maximum absolute atomic E-state index is 5.95. The fourth-order valence-electron chi connectivity index (χ4n) is 0.920. The van der Waals surface area contributed by atoms with Gasteiger partial charge in [-0.2, -0.15) is 0 Å². The van der Waals surface area contributed by atoms with Crippen LogP contribution in [-0.2, 0) is 0 Å². The molecule has 12 heavy (non-hydrogen) atoms. The van der Waals surface area contributed by atoms with E-state index in [2.05, 4.69) is 9.59 Å². The van der Waals surface area contributed by atoms with Crippen LogP contribution in [0.25, 0.3) is 0 Å². The Morgan fingerprint density at radius 2 is 2.33 bits per heavy atom. The normalized spacial score (nSPS) is 13.1. The van der Waals surface area contributed by atoms with Gasteiger partial charge in [-0.3, -0.25) is 0 Å². The minimum absolute atomic E-state index is 0.0509. The second kappa shape index (κ2) is 3.30. The fraction of sp³-hybridized carbons (Fsp3) is 0.143. The largest absolute Gasteiger partial charge is 0.319 e. The van der Waals surface area contributed by atoms with Crippen LogP contribution >= 0.6 is 22.9 Å². The number of nitrogens with two attached hydrogens (primary N) is 1. The van der Waals surface area contributed by atoms with Crippen molar-refractivity contribution < 1.29 is 0 Å². The number of rotatable bonds is 2. The van der Waals surface area contributed by atoms with Gasteiger partial charge in [0, 0.05) is 4.88 Å². The molecule has 0 bridgehead atoms. The Kier molecular flexibility index (Phi) is 2.16. The monoisotopic (exact) mass is 197 g/mol. The highest BCUT2D eigenvalue weighted by atomic mass is 32.1. The highest BCUT2D eigenvalue weighted by molar-refractivity contribution is 7.10. The van der Waals surface area contributed by atoms with Gasteiger partial charge in [0.25, 0.3) is 0 Å². The molecule has 1 unspecified atom stereocenters. The van der Waals surface area contributed by atoms with Crippen LogP contribution in [-0.4, -0.2) is 9.59 Å². The van der Waals surface area contributed by atoms with Crippen LogP contribution in [0.4, 0.5) is 0 Å². The number of thiophene rings is 1. The lowest BCUT2D eigenvalue weighted by molar-refractivity contribution is 0.911. The minimum atomic E-state index is -0.0509. The van der Waals surface area contributed by atoms with Crippen molar-refractivity contribution in [1.29, 1.82) is 0 Å². The van der Waals surface area contributed by atoms with Crippen molar-refractivity contribution in [2.24, 2.45) is 5.73 Å². The topological polar surface area (TPSA) is 51.8 Å². The van der Waals surface area contributed by atoms with E-state index in [1.54, 1.807) is 17.5 Å². The highest BCUT2D eigenvalue weighted by Crippen LogP contribution is 2.24. The molecule has 0 aliphatic carbocycles. The number of aromatic nitrogens is 2. The molecule has 0 saturated carbocycles. The molecule has 0 radical (unpaired) electrons. The molecule has 2 aromatic heterocycles. The molecule has 2 N–H and O–H groups in total. The van der Waals surface area contributed by atoms with E-state index in [1.165, 1.54) is 11.5 Å². The molecule has 0 spiro atoms. The van der Waals surface area contributed by atoms with E-state index in [-0.39, 0.29) is 6.04 Å². The Labute approximate surface area is 78.0 Å². The van der Waals surface area contributed by atoms with E-state index in [0.717, 1.165) is 9.75 Å². The molecule has 2 aromatic rings. The first kappa shape index (κ1) is 7.85. The molecular weight excluding hydrogens is 190 g/mol. The zero-order valence-electron chi connectivity index (χ0n) is 6.18. The molecule has 1 atom stereocenters. The summed E-state index contributed by atoms with van der Waals surface area (Å²) in [4.78, 5) is 2.17. The number of hydrogen-bond donors (Lipinski definition) is 1. The third kappa shape index (κ3) is 1.38. The van der Waals surface area contributed by atoms with Gasteiger partial charge in [0.2, 0.25) is 0 Å². The van der Waals surface area contributed by atoms with Gasteiger partial charge in [-0.25, -0.2) is 0 Å². The smallest absolute Gasteiger partial charge is 0.0772 e. The van der Waals surface area contributed by atoms with Crippen LogP contribution in [0.15, 0.2) is 23.7 Å². The molecule has 0 aliphatic heterocycles. The van der Waals surface area contributed by atoms with Gasteiger partial charge >= 0.3 is 0 Å². The Hall–Kier alpha value is -0.780. The highest BCUT2D eigenvalue weighted by Gasteiger charge is 2.11. The molecule has 2 heterocycles. The molecule has 62 valence electrons. The minimum Gasteiger partial charge on any atom is -0.319 e. The van der Waals surface area contributed by atoms with Gasteiger partial charge in [0.15, 0.2) is 0 Å². The van der Waals surface area contributed by atoms with Crippen LogP contribution < -0.4 is 5.73 Å². The summed E-state index contributed by atoms with van der Waals surface area (Å²) in [7, 11) is 0. The lowest BCUT2D eigenvalue weighted by Crippen LogP contribution is -2.07. The summed E-state index contributed by atoms with van der Waals surface area (Å²) in [5, 5.41) is 5.76. The molecule has 0 amide bonds. The Morgan fingerprint density at radius 1 is 1.42 bits per heavy atom. The SMILES string of the molecule is NC(c1cccs1)c1cnns1. The third-order valence-corrected chi connectivity index (χ3v) is 3.24. The molecule has 0 aromatic carbocycles. The summed E-state index contributed by atoms with van der Waals surface area (Å²) in [5.74, 6) is 0. The van der Waals surface area contributed by atoms with E-state index < -0.39 is 0 Å². The Balaban J connectivity index is 2.27. The van der Waals surface area contributed by atoms with E-state index in [0.29, 0.717) is 0 Å². The average Bonchev–Trinajstić information content (AvgIpc) is 2.77. The fourth-order valence-corrected chi connectivity index (χ4v) is 2.26. The molecule has 0 aliphatic rings. The third-order valence-electron chi connectivity index (χ3n) is 1.53. The lowest BCUT2D eigenvalue weighted by atomic mass is 10.2. The van der Waals surface area contributed by atoms with Gasteiger partial charge in [-0.1, -0.05) is 10.6 Å². The van der Waals surface area contributed by atoms with Crippen LogP contribution in [0.2, 0.25) is 0 Å². The van der Waals surface area contributed by atoms with E-state index in [1.807, 2.05) is 17.5 Å². The first-order valence-corrected chi connectivity index (χ1v) is 5.09. The molecular formula is C7H7N3S2. The lowest BCUT2D eigenvalue weighted by Gasteiger charge is -2.03. The summed E-state index contributed by atoms with van der Waals surface area (Å²) in [6.45, 7) is 0. The van der Waals surface area contributed by atoms with Crippen molar-refractivity contribution >= 4 is 22.9 Å². The van der Waals surface area contributed by atoms with Crippen molar-refractivity contribution in [3.63, 3.8) is 0 Å². The van der Waals surface area contributed by atoms with E-state index in [9.17, 15) is 0 Å². The van der Waals surface area contributed by atoms with Gasteiger partial charge in [-0.05, 0) is 23.0 Å². The summed E-state index contributed by atoms with van der Waals surface area (Å²) < 4.78 is 3.77. The number of hydrogen-bond acceptors (Lipinski definition) is 5. The van der Waals surface area contributed by atoms with Crippen molar-refractivity contribution in [3.8, 4) is 0 Å². The van der Waals surface area contributed by atoms with Crippen molar-refractivity contribution in [2.75, 3.05) is 0 Å². The number of nitrogens with zero attached hydrogens (tertiary/aromatic N) is 2. The predicted octanol–water partition coefficient (Wildman–Crippen LogP) is 1.65. The first-order valence-electron chi connectivity index (χ1n) is 3.44. The van der Waals surface area contributed by atoms with Gasteiger partial charge in [0.05, 0.1) is 17.1 Å². The molecule has 3 nitrogen and oxygen atoms in total. The second-order valence-electron chi connectivity index (χ2n) is 2.31. The maximum Gasteiger partial charge on any atom is 0.0772 e. The average molecular weight is 197 g/mol. The van der Waals surface area contributed by atoms with Gasteiger partial charge < -0.3 is 5.73 Å². The van der Waals surface area contributed by atoms with Crippen molar-refractivity contribution in [1.82, 2.24) is 9.59 Å². The molecule has 0 saturated heterocycles. The zero-order chi connectivity index (χ0) is 8.39. The van der Waals surface area contributed by atoms with Gasteiger partial charge in [-0.15, -0.1) is 16.4 Å². The van der Waals surface area contributed by atoms with Crippen LogP contribution in [0.5, 0.6) is 0 Å². The first-order chi connectivity index (χ1) is 5.88. The molecule has 5 heteroatoms. The van der Waals surface area contributed by atoms with Crippen molar-refractivity contribution in [2.45, 2.75) is 6.04 Å². The van der Waals surface area contributed by atoms with E-state index in [4.69, 9.17) is 5.73 Å². The Morgan fingerprint density at radius 3 is 2.92 bits per heavy atom. The standard InChI is InChI=1S/C7H7N3S2/c8-7(5-2-1-3-11-5)6-4-9-10-12-6/h1-4,7H,8H2. The summed E-state index contributed by atoms with van der Waals surface area (Å²) in [6.07, 6.45) is 1.72. The summed E-state index contributed by atoms with van der Waals surface area (Å²) >= 11 is 3.01. The van der Waals surface area contributed by atoms with E-state index >= 15 is 0 Å². The summed E-state index contributed by atoms with van der Waals surface area (Å²) in [6, 6.07) is 3.97. The van der Waals surface area contributed by atoms with Crippen LogP contribution in [0.1, 0.15) is 15.8 Å². The predicted molar refractivity (Wildman–Crippen MR) is 50.3 cm³/mol. The van der Waals surface area contributed by atoms with Gasteiger partial charge in [0.1, 0.15) is 0 Å². The van der Waals surface area contributed by atoms with Crippen LogP contribution in [0.3, 0.4) is 0 Å². The molecule has 2 rings (SSSR count). The Bertz CT molecular complexity index is 293. The second-order valence-corrected chi connectivity index (χ2v) is 4.11. The zero-order valence-corrected chi connectivity index (χ0v) is 7.81. The van der Waals surface area contributed by atoms with Crippen molar-refractivity contribution in [3.05, 3.63) is 33.5 Å². The quantitative estimate of drug-likeness (QED) is 0.796. The van der Waals surface area contributed by atoms with Crippen LogP contribution in [0, 0.1) is 0 Å². The molecule has 0 fully saturated rings.